The van der Waals surface area contributed by atoms with Crippen molar-refractivity contribution in [3.63, 3.8) is 0 Å². The second kappa shape index (κ2) is 12.6. The van der Waals surface area contributed by atoms with Crippen LogP contribution in [0.15, 0.2) is 0 Å². The van der Waals surface area contributed by atoms with Crippen molar-refractivity contribution < 1.29 is 33.3 Å². The summed E-state index contributed by atoms with van der Waals surface area (Å²) in [6.07, 6.45) is -0.134. The first-order chi connectivity index (χ1) is 13.2. The molecule has 1 heterocycles. The van der Waals surface area contributed by atoms with Gasteiger partial charge in [-0.15, -0.1) is 0 Å². The number of methoxy groups -OCH3 is 1. The first-order valence-corrected chi connectivity index (χ1v) is 9.75. The average Bonchev–Trinajstić information content (AvgIpc) is 2.79. The van der Waals surface area contributed by atoms with E-state index in [9.17, 15) is 9.59 Å². The van der Waals surface area contributed by atoms with Gasteiger partial charge in [-0.2, -0.15) is 0 Å². The smallest absolute Gasteiger partial charge is 0.342 e. The Labute approximate surface area is 172 Å². The highest BCUT2D eigenvalue weighted by molar-refractivity contribution is 6.27. The molecule has 2 unspecified atom stereocenters. The van der Waals surface area contributed by atoms with Gasteiger partial charge in [0.2, 0.25) is 0 Å². The highest BCUT2D eigenvalue weighted by atomic mass is 35.5. The van der Waals surface area contributed by atoms with Gasteiger partial charge in [-0.1, -0.05) is 0 Å². The molecule has 0 aromatic rings. The zero-order valence-corrected chi connectivity index (χ0v) is 18.2. The summed E-state index contributed by atoms with van der Waals surface area (Å²) in [5.74, 6) is -0.335. The Bertz CT molecular complexity index is 493. The maximum Gasteiger partial charge on any atom is 0.342 e. The number of hydrogen-bond donors (Lipinski definition) is 0. The second-order valence-electron chi connectivity index (χ2n) is 7.08. The molecular formula is C18H33ClN2O7. The van der Waals surface area contributed by atoms with Gasteiger partial charge in [-0.05, 0) is 27.7 Å². The molecule has 0 radical (unpaired) electrons. The number of urea groups is 1. The third-order valence-corrected chi connectivity index (χ3v) is 4.71. The van der Waals surface area contributed by atoms with Crippen LogP contribution in [0.1, 0.15) is 27.7 Å². The normalized spacial score (nSPS) is 18.8. The fraction of sp³-hybridized carbons (Fsp3) is 0.889. The van der Waals surface area contributed by atoms with E-state index >= 15 is 0 Å². The minimum Gasteiger partial charge on any atom is -0.382 e. The third kappa shape index (κ3) is 7.81. The van der Waals surface area contributed by atoms with Gasteiger partial charge >= 0.3 is 6.03 Å². The molecule has 1 aliphatic heterocycles. The summed E-state index contributed by atoms with van der Waals surface area (Å²) < 4.78 is 27.9. The van der Waals surface area contributed by atoms with E-state index in [2.05, 4.69) is 0 Å². The van der Waals surface area contributed by atoms with Gasteiger partial charge in [0, 0.05) is 18.9 Å². The molecule has 1 fully saturated rings. The molecule has 1 aliphatic rings. The molecule has 0 saturated carbocycles. The molecule has 0 spiro atoms. The number of hydrogen-bond acceptors (Lipinski definition) is 7. The second-order valence-corrected chi connectivity index (χ2v) is 7.42. The van der Waals surface area contributed by atoms with E-state index < -0.39 is 11.6 Å². The molecule has 164 valence electrons. The number of carbonyl (C=O) groups is 2. The maximum absolute atomic E-state index is 12.2. The van der Waals surface area contributed by atoms with E-state index in [-0.39, 0.29) is 31.3 Å². The lowest BCUT2D eigenvalue weighted by Crippen LogP contribution is -2.40. The van der Waals surface area contributed by atoms with Gasteiger partial charge in [0.15, 0.2) is 0 Å². The highest BCUT2D eigenvalue weighted by Gasteiger charge is 2.50. The largest absolute Gasteiger partial charge is 0.382 e. The van der Waals surface area contributed by atoms with Gasteiger partial charge in [-0.3, -0.25) is 9.69 Å². The summed E-state index contributed by atoms with van der Waals surface area (Å²) in [5.41, 5.74) is -1.04. The minimum absolute atomic E-state index is 0.000744. The number of ether oxygens (including phenoxy) is 5. The summed E-state index contributed by atoms with van der Waals surface area (Å²) in [6.45, 7) is 10.2. The van der Waals surface area contributed by atoms with E-state index in [1.807, 2.05) is 13.8 Å². The van der Waals surface area contributed by atoms with Crippen molar-refractivity contribution in [3.8, 4) is 0 Å². The fourth-order valence-corrected chi connectivity index (χ4v) is 2.60. The van der Waals surface area contributed by atoms with Crippen LogP contribution in [0.5, 0.6) is 0 Å². The Balaban J connectivity index is 2.06. The molecule has 9 nitrogen and oxygen atoms in total. The first-order valence-electron chi connectivity index (χ1n) is 9.41. The fourth-order valence-electron chi connectivity index (χ4n) is 2.43. The van der Waals surface area contributed by atoms with Crippen LogP contribution in [0, 0.1) is 0 Å². The quantitative estimate of drug-likeness (QED) is 0.224. The van der Waals surface area contributed by atoms with E-state index in [1.54, 1.807) is 21.0 Å². The highest BCUT2D eigenvalue weighted by Crippen LogP contribution is 2.28. The molecule has 0 aromatic heterocycles. The van der Waals surface area contributed by atoms with Crippen LogP contribution in [-0.4, -0.2) is 98.9 Å². The predicted molar refractivity (Wildman–Crippen MR) is 103 cm³/mol. The lowest BCUT2D eigenvalue weighted by molar-refractivity contribution is -0.131. The van der Waals surface area contributed by atoms with Crippen molar-refractivity contribution in [2.75, 3.05) is 59.9 Å². The van der Waals surface area contributed by atoms with Crippen LogP contribution in [0.2, 0.25) is 0 Å². The van der Waals surface area contributed by atoms with Crippen molar-refractivity contribution in [1.29, 1.82) is 0 Å². The SMILES string of the molecule is COCCOC(C)COCCOC(C)COCCN1C(=O)N(Cl)C(C)(C)C1=O. The van der Waals surface area contributed by atoms with E-state index in [4.69, 9.17) is 35.5 Å². The molecule has 0 N–H and O–H groups in total. The average molecular weight is 425 g/mol. The topological polar surface area (TPSA) is 86.8 Å². The summed E-state index contributed by atoms with van der Waals surface area (Å²) in [5, 5.41) is 0. The van der Waals surface area contributed by atoms with E-state index in [1.165, 1.54) is 0 Å². The van der Waals surface area contributed by atoms with E-state index in [0.717, 1.165) is 9.32 Å². The summed E-state index contributed by atoms with van der Waals surface area (Å²) in [7, 11) is 1.63. The summed E-state index contributed by atoms with van der Waals surface area (Å²) in [6, 6.07) is -0.526. The zero-order valence-electron chi connectivity index (χ0n) is 17.4. The van der Waals surface area contributed by atoms with Crippen LogP contribution in [0.25, 0.3) is 0 Å². The maximum atomic E-state index is 12.2. The van der Waals surface area contributed by atoms with Crippen molar-refractivity contribution in [1.82, 2.24) is 9.32 Å². The Morgan fingerprint density at radius 3 is 1.96 bits per heavy atom. The molecule has 3 amide bonds. The summed E-state index contributed by atoms with van der Waals surface area (Å²) >= 11 is 5.88. The molecule has 1 saturated heterocycles. The zero-order chi connectivity index (χ0) is 21.2. The Morgan fingerprint density at radius 1 is 0.929 bits per heavy atom. The molecule has 2 atom stereocenters. The number of halogens is 1. The van der Waals surface area contributed by atoms with Gasteiger partial charge in [0.1, 0.15) is 5.54 Å². The molecular weight excluding hydrogens is 392 g/mol. The van der Waals surface area contributed by atoms with Crippen molar-refractivity contribution in [3.05, 3.63) is 0 Å². The van der Waals surface area contributed by atoms with Gasteiger partial charge in [0.25, 0.3) is 5.91 Å². The lowest BCUT2D eigenvalue weighted by atomic mass is 10.1. The van der Waals surface area contributed by atoms with Gasteiger partial charge in [-0.25, -0.2) is 9.21 Å². The van der Waals surface area contributed by atoms with Crippen LogP contribution < -0.4 is 0 Å². The van der Waals surface area contributed by atoms with Crippen molar-refractivity contribution in [2.45, 2.75) is 45.4 Å². The molecule has 10 heteroatoms. The first kappa shape index (κ1) is 25.1. The lowest BCUT2D eigenvalue weighted by Gasteiger charge is -2.19. The van der Waals surface area contributed by atoms with Gasteiger partial charge < -0.3 is 23.7 Å². The number of rotatable bonds is 15. The molecule has 0 aromatic carbocycles. The molecule has 0 bridgehead atoms. The monoisotopic (exact) mass is 424 g/mol. The standard InChI is InChI=1S/C18H33ClN2O7/c1-14(28-11-9-26-13-15(2)27-10-8-24-5)12-25-7-6-20-16(22)18(3,4)21(19)17(20)23/h14-15H,6-13H2,1-5H3. The van der Waals surface area contributed by atoms with Crippen molar-refractivity contribution >= 4 is 23.7 Å². The minimum atomic E-state index is -1.04. The predicted octanol–water partition coefficient (Wildman–Crippen LogP) is 1.67. The van der Waals surface area contributed by atoms with Crippen LogP contribution in [0.3, 0.4) is 0 Å². The van der Waals surface area contributed by atoms with Crippen LogP contribution >= 0.6 is 11.8 Å². The number of amides is 3. The molecule has 1 rings (SSSR count). The Morgan fingerprint density at radius 2 is 1.46 bits per heavy atom. The molecule has 28 heavy (non-hydrogen) atoms. The number of carbonyl (C=O) groups excluding carboxylic acids is 2. The van der Waals surface area contributed by atoms with Crippen LogP contribution in [-0.2, 0) is 28.5 Å². The number of imide groups is 1. The van der Waals surface area contributed by atoms with Crippen LogP contribution in [0.4, 0.5) is 4.79 Å². The van der Waals surface area contributed by atoms with Gasteiger partial charge in [0.05, 0.1) is 65.0 Å². The Kier molecular flexibility index (Phi) is 11.2. The Hall–Kier alpha value is -0.970. The molecule has 0 aliphatic carbocycles. The summed E-state index contributed by atoms with van der Waals surface area (Å²) in [4.78, 5) is 25.2. The van der Waals surface area contributed by atoms with E-state index in [0.29, 0.717) is 39.6 Å². The number of nitrogens with zero attached hydrogens (tertiary/aromatic N) is 2. The third-order valence-electron chi connectivity index (χ3n) is 4.14. The van der Waals surface area contributed by atoms with Crippen molar-refractivity contribution in [2.24, 2.45) is 0 Å².